The summed E-state index contributed by atoms with van der Waals surface area (Å²) in [6, 6.07) is 13.6. The molecule has 0 aliphatic rings. The molecule has 2 aromatic rings. The molecule has 2 aromatic carbocycles. The zero-order valence-corrected chi connectivity index (χ0v) is 12.8. The van der Waals surface area contributed by atoms with Gasteiger partial charge in [-0.25, -0.2) is 0 Å². The predicted molar refractivity (Wildman–Crippen MR) is 86.2 cm³/mol. The van der Waals surface area contributed by atoms with Crippen LogP contribution in [0, 0.1) is 10.5 Å². The van der Waals surface area contributed by atoms with Gasteiger partial charge in [-0.05, 0) is 71.0 Å². The highest BCUT2D eigenvalue weighted by Crippen LogP contribution is 2.18. The van der Waals surface area contributed by atoms with Crippen molar-refractivity contribution in [2.75, 3.05) is 5.32 Å². The highest BCUT2D eigenvalue weighted by atomic mass is 127. The Hall–Kier alpha value is -1.56. The SMILES string of the molecule is Cc1cc(I)ccc1NCc1cccc(C(N)=O)c1. The summed E-state index contributed by atoms with van der Waals surface area (Å²) < 4.78 is 1.22. The highest BCUT2D eigenvalue weighted by Gasteiger charge is 2.02. The number of hydrogen-bond acceptors (Lipinski definition) is 2. The Morgan fingerprint density at radius 2 is 2.05 bits per heavy atom. The van der Waals surface area contributed by atoms with E-state index >= 15 is 0 Å². The third-order valence-electron chi connectivity index (χ3n) is 2.88. The predicted octanol–water partition coefficient (Wildman–Crippen LogP) is 3.31. The molecule has 0 saturated heterocycles. The van der Waals surface area contributed by atoms with Crippen LogP contribution in [0.15, 0.2) is 42.5 Å². The Bertz CT molecular complexity index is 611. The molecule has 0 aromatic heterocycles. The second-order valence-corrected chi connectivity index (χ2v) is 5.62. The molecule has 0 heterocycles. The molecule has 0 spiro atoms. The summed E-state index contributed by atoms with van der Waals surface area (Å²) in [6.45, 7) is 2.74. The zero-order chi connectivity index (χ0) is 13.8. The molecule has 0 atom stereocenters. The van der Waals surface area contributed by atoms with Crippen molar-refractivity contribution in [1.82, 2.24) is 0 Å². The quantitative estimate of drug-likeness (QED) is 0.816. The number of rotatable bonds is 4. The van der Waals surface area contributed by atoms with Gasteiger partial charge in [0.15, 0.2) is 0 Å². The van der Waals surface area contributed by atoms with Crippen molar-refractivity contribution in [2.45, 2.75) is 13.5 Å². The molecule has 1 amide bonds. The molecule has 0 fully saturated rings. The van der Waals surface area contributed by atoms with E-state index in [9.17, 15) is 4.79 Å². The van der Waals surface area contributed by atoms with Crippen LogP contribution >= 0.6 is 22.6 Å². The molecule has 3 N–H and O–H groups in total. The van der Waals surface area contributed by atoms with Gasteiger partial charge in [0.05, 0.1) is 0 Å². The van der Waals surface area contributed by atoms with Crippen LogP contribution in [-0.2, 0) is 6.54 Å². The second-order valence-electron chi connectivity index (χ2n) is 4.38. The number of hydrogen-bond donors (Lipinski definition) is 2. The number of nitrogens with two attached hydrogens (primary N) is 1. The number of amides is 1. The topological polar surface area (TPSA) is 55.1 Å². The van der Waals surface area contributed by atoms with Crippen molar-refractivity contribution in [3.8, 4) is 0 Å². The summed E-state index contributed by atoms with van der Waals surface area (Å²) in [5, 5.41) is 3.37. The molecule has 4 heteroatoms. The minimum atomic E-state index is -0.396. The number of carbonyl (C=O) groups is 1. The van der Waals surface area contributed by atoms with E-state index in [1.165, 1.54) is 9.13 Å². The zero-order valence-electron chi connectivity index (χ0n) is 10.6. The molecule has 0 aliphatic carbocycles. The fraction of sp³-hybridized carbons (Fsp3) is 0.133. The molecular formula is C15H15IN2O. The van der Waals surface area contributed by atoms with E-state index in [1.807, 2.05) is 18.2 Å². The van der Waals surface area contributed by atoms with Crippen LogP contribution < -0.4 is 11.1 Å². The van der Waals surface area contributed by atoms with Crippen LogP contribution in [0.3, 0.4) is 0 Å². The number of nitrogens with one attached hydrogen (secondary N) is 1. The minimum Gasteiger partial charge on any atom is -0.381 e. The molecule has 98 valence electrons. The van der Waals surface area contributed by atoms with E-state index in [0.717, 1.165) is 11.3 Å². The molecule has 0 unspecified atom stereocenters. The Kier molecular flexibility index (Phi) is 4.42. The molecule has 0 bridgehead atoms. The van der Waals surface area contributed by atoms with Gasteiger partial charge < -0.3 is 11.1 Å². The van der Waals surface area contributed by atoms with Gasteiger partial charge in [-0.1, -0.05) is 12.1 Å². The molecule has 0 radical (unpaired) electrons. The Morgan fingerprint density at radius 3 is 2.74 bits per heavy atom. The summed E-state index contributed by atoms with van der Waals surface area (Å²) in [5.41, 5.74) is 9.16. The number of anilines is 1. The van der Waals surface area contributed by atoms with Crippen molar-refractivity contribution in [1.29, 1.82) is 0 Å². The summed E-state index contributed by atoms with van der Waals surface area (Å²) in [7, 11) is 0. The molecule has 3 nitrogen and oxygen atoms in total. The van der Waals surface area contributed by atoms with Crippen LogP contribution in [0.5, 0.6) is 0 Å². The summed E-state index contributed by atoms with van der Waals surface area (Å²) in [4.78, 5) is 11.1. The van der Waals surface area contributed by atoms with Crippen molar-refractivity contribution in [3.05, 3.63) is 62.7 Å². The normalized spacial score (nSPS) is 10.2. The van der Waals surface area contributed by atoms with E-state index in [-0.39, 0.29) is 0 Å². The lowest BCUT2D eigenvalue weighted by Crippen LogP contribution is -2.11. The number of carbonyl (C=O) groups excluding carboxylic acids is 1. The average Bonchev–Trinajstić information content (AvgIpc) is 2.38. The van der Waals surface area contributed by atoms with Gasteiger partial charge in [0, 0.05) is 21.4 Å². The van der Waals surface area contributed by atoms with Gasteiger partial charge in [-0.2, -0.15) is 0 Å². The molecule has 2 rings (SSSR count). The Morgan fingerprint density at radius 1 is 1.26 bits per heavy atom. The van der Waals surface area contributed by atoms with Gasteiger partial charge in [0.25, 0.3) is 0 Å². The first-order valence-corrected chi connectivity index (χ1v) is 7.03. The largest absolute Gasteiger partial charge is 0.381 e. The third-order valence-corrected chi connectivity index (χ3v) is 3.55. The Balaban J connectivity index is 2.10. The molecular weight excluding hydrogens is 351 g/mol. The van der Waals surface area contributed by atoms with Crippen LogP contribution in [0.2, 0.25) is 0 Å². The summed E-state index contributed by atoms with van der Waals surface area (Å²) >= 11 is 2.29. The van der Waals surface area contributed by atoms with Crippen molar-refractivity contribution >= 4 is 34.2 Å². The van der Waals surface area contributed by atoms with Crippen LogP contribution in [-0.4, -0.2) is 5.91 Å². The first-order chi connectivity index (χ1) is 9.06. The number of aryl methyl sites for hydroxylation is 1. The van der Waals surface area contributed by atoms with Gasteiger partial charge in [-0.15, -0.1) is 0 Å². The maximum atomic E-state index is 11.1. The Labute approximate surface area is 126 Å². The molecule has 19 heavy (non-hydrogen) atoms. The first-order valence-electron chi connectivity index (χ1n) is 5.95. The number of benzene rings is 2. The number of halogens is 1. The van der Waals surface area contributed by atoms with E-state index in [0.29, 0.717) is 12.1 Å². The average molecular weight is 366 g/mol. The van der Waals surface area contributed by atoms with Crippen molar-refractivity contribution < 1.29 is 4.79 Å². The van der Waals surface area contributed by atoms with Crippen LogP contribution in [0.1, 0.15) is 21.5 Å². The fourth-order valence-electron chi connectivity index (χ4n) is 1.86. The third kappa shape index (κ3) is 3.70. The fourth-order valence-corrected chi connectivity index (χ4v) is 2.50. The van der Waals surface area contributed by atoms with E-state index < -0.39 is 5.91 Å². The van der Waals surface area contributed by atoms with Gasteiger partial charge in [0.1, 0.15) is 0 Å². The number of primary amides is 1. The van der Waals surface area contributed by atoms with E-state index in [1.54, 1.807) is 6.07 Å². The van der Waals surface area contributed by atoms with E-state index in [2.05, 4.69) is 53.0 Å². The maximum absolute atomic E-state index is 11.1. The van der Waals surface area contributed by atoms with Gasteiger partial charge in [-0.3, -0.25) is 4.79 Å². The van der Waals surface area contributed by atoms with Crippen LogP contribution in [0.25, 0.3) is 0 Å². The smallest absolute Gasteiger partial charge is 0.248 e. The maximum Gasteiger partial charge on any atom is 0.248 e. The van der Waals surface area contributed by atoms with Gasteiger partial charge >= 0.3 is 0 Å². The standard InChI is InChI=1S/C15H15IN2O/c1-10-7-13(16)5-6-14(10)18-9-11-3-2-4-12(8-11)15(17)19/h2-8,18H,9H2,1H3,(H2,17,19). The lowest BCUT2D eigenvalue weighted by molar-refractivity contribution is 0.1000. The van der Waals surface area contributed by atoms with Crippen LogP contribution in [0.4, 0.5) is 5.69 Å². The summed E-state index contributed by atoms with van der Waals surface area (Å²) in [6.07, 6.45) is 0. The first kappa shape index (κ1) is 13.9. The second kappa shape index (κ2) is 6.06. The summed E-state index contributed by atoms with van der Waals surface area (Å²) in [5.74, 6) is -0.396. The van der Waals surface area contributed by atoms with Crippen molar-refractivity contribution in [2.24, 2.45) is 5.73 Å². The minimum absolute atomic E-state index is 0.396. The van der Waals surface area contributed by atoms with Gasteiger partial charge in [0.2, 0.25) is 5.91 Å². The molecule has 0 saturated carbocycles. The lowest BCUT2D eigenvalue weighted by Gasteiger charge is -2.10. The van der Waals surface area contributed by atoms with Crippen molar-refractivity contribution in [3.63, 3.8) is 0 Å². The van der Waals surface area contributed by atoms with E-state index in [4.69, 9.17) is 5.73 Å². The highest BCUT2D eigenvalue weighted by molar-refractivity contribution is 14.1. The lowest BCUT2D eigenvalue weighted by atomic mass is 10.1. The molecule has 0 aliphatic heterocycles. The monoisotopic (exact) mass is 366 g/mol.